The van der Waals surface area contributed by atoms with E-state index < -0.39 is 213 Å². The van der Waals surface area contributed by atoms with Crippen LogP contribution in [0.25, 0.3) is 0 Å². The fourth-order valence-corrected chi connectivity index (χ4v) is 19.1. The summed E-state index contributed by atoms with van der Waals surface area (Å²) in [5, 5.41) is 165. The van der Waals surface area contributed by atoms with E-state index in [1.807, 2.05) is 6.92 Å². The Hall–Kier alpha value is -1.37. The Morgan fingerprint density at radius 1 is 0.488 bits per heavy atom. The van der Waals surface area contributed by atoms with Crippen LogP contribution < -0.4 is 0 Å². The summed E-state index contributed by atoms with van der Waals surface area (Å²) in [5.74, 6) is 0.205. The van der Waals surface area contributed by atoms with Crippen molar-refractivity contribution in [3.63, 3.8) is 0 Å². The van der Waals surface area contributed by atoms with Crippen molar-refractivity contribution >= 4 is 6.29 Å². The lowest BCUT2D eigenvalue weighted by Crippen LogP contribution is -2.74. The summed E-state index contributed by atoms with van der Waals surface area (Å²) in [4.78, 5) is 12.7. The van der Waals surface area contributed by atoms with Gasteiger partial charge in [0.1, 0.15) is 116 Å². The first-order valence-corrected chi connectivity index (χ1v) is 31.1. The molecular weight excluding hydrogens is 1140 g/mol. The molecule has 86 heavy (non-hydrogen) atoms. The van der Waals surface area contributed by atoms with Crippen molar-refractivity contribution in [2.75, 3.05) is 33.0 Å². The number of fused-ring (bicyclic) bond motifs is 4. The number of ether oxygens (including phenoxy) is 11. The van der Waals surface area contributed by atoms with Crippen LogP contribution >= 0.6 is 0 Å². The van der Waals surface area contributed by atoms with Crippen molar-refractivity contribution in [2.24, 2.45) is 50.2 Å². The topological polar surface area (TPSA) is 422 Å². The van der Waals surface area contributed by atoms with E-state index in [1.54, 1.807) is 0 Å². The van der Waals surface area contributed by atoms with Crippen LogP contribution in [0.3, 0.4) is 0 Å². The molecule has 11 fully saturated rings. The maximum absolute atomic E-state index is 12.7. The molecule has 3 unspecified atom stereocenters. The Morgan fingerprint density at radius 2 is 1.02 bits per heavy atom. The first-order chi connectivity index (χ1) is 40.4. The van der Waals surface area contributed by atoms with E-state index in [-0.39, 0.29) is 28.6 Å². The van der Waals surface area contributed by atoms with Gasteiger partial charge in [-0.15, -0.1) is 0 Å². The first-order valence-electron chi connectivity index (χ1n) is 31.1. The van der Waals surface area contributed by atoms with Crippen LogP contribution in [0.5, 0.6) is 0 Å². The van der Waals surface area contributed by atoms with Gasteiger partial charge in [0, 0.05) is 16.2 Å². The van der Waals surface area contributed by atoms with Gasteiger partial charge in [-0.2, -0.15) is 0 Å². The van der Waals surface area contributed by atoms with Gasteiger partial charge in [0.15, 0.2) is 31.5 Å². The molecule has 6 aliphatic heterocycles. The normalized spacial score (nSPS) is 58.0. The van der Waals surface area contributed by atoms with Crippen molar-refractivity contribution in [3.05, 3.63) is 0 Å². The van der Waals surface area contributed by atoms with Crippen molar-refractivity contribution in [1.82, 2.24) is 0 Å². The molecule has 2 bridgehead atoms. The Bertz CT molecular complexity index is 2380. The minimum atomic E-state index is -2.06. The minimum absolute atomic E-state index is 0.0147. The van der Waals surface area contributed by atoms with E-state index in [0.717, 1.165) is 38.4 Å². The van der Waals surface area contributed by atoms with E-state index >= 15 is 0 Å². The molecule has 27 nitrogen and oxygen atoms in total. The maximum Gasteiger partial charge on any atom is 0.187 e. The molecule has 0 aromatic carbocycles. The van der Waals surface area contributed by atoms with E-state index in [1.165, 1.54) is 6.92 Å². The smallest absolute Gasteiger partial charge is 0.187 e. The Kier molecular flexibility index (Phi) is 18.4. The average molecular weight is 1240 g/mol. The lowest BCUT2D eigenvalue weighted by molar-refractivity contribution is -0.410. The molecule has 6 saturated heterocycles. The molecule has 0 aromatic rings. The highest BCUT2D eigenvalue weighted by Crippen LogP contribution is 2.80. The first kappa shape index (κ1) is 66.1. The second-order valence-corrected chi connectivity index (χ2v) is 29.0. The molecule has 0 aromatic heterocycles. The van der Waals surface area contributed by atoms with Crippen molar-refractivity contribution in [1.29, 1.82) is 0 Å². The van der Waals surface area contributed by atoms with Crippen molar-refractivity contribution in [2.45, 2.75) is 278 Å². The fourth-order valence-electron chi connectivity index (χ4n) is 19.1. The SMILES string of the molecule is C[C@@H]1O[C@@H](O[C@H]2[C@@H](O[C@H]3CO[C@@H](O[C@H]4CC[C@@]5(C)C(CC[C@]6(C)C5CC[C@]57OC[C@@]8(CC[C@](C)(C=O)CC85)[C@H](O)C[C@]76C)C4(C)C)[C@H](O[C@H]4O[C@H](CO)[C@@H](O)[C@H](O)[C@H]4O)[C@H]3O[C@H]3O[C@H](CO)[C@H](O)[C@H](O)[C@H]3O)O[C@H](CO)[C@@H](O)[C@@H]2O)[C@H](O)[C@H](O)[C@H]1O. The van der Waals surface area contributed by atoms with Gasteiger partial charge in [0.05, 0.1) is 56.9 Å². The van der Waals surface area contributed by atoms with Crippen LogP contribution in [0, 0.1) is 50.2 Å². The average Bonchev–Trinajstić information content (AvgIpc) is 1.29. The number of carbonyl (C=O) groups is 1. The summed E-state index contributed by atoms with van der Waals surface area (Å²) in [5.41, 5.74) is -3.12. The van der Waals surface area contributed by atoms with E-state index in [9.17, 15) is 81.4 Å². The zero-order chi connectivity index (χ0) is 62.3. The highest BCUT2D eigenvalue weighted by molar-refractivity contribution is 5.59. The highest BCUT2D eigenvalue weighted by atomic mass is 16.8. The van der Waals surface area contributed by atoms with Crippen LogP contribution in [-0.2, 0) is 56.9 Å². The van der Waals surface area contributed by atoms with Gasteiger partial charge in [-0.25, -0.2) is 0 Å². The third-order valence-electron chi connectivity index (χ3n) is 24.4. The van der Waals surface area contributed by atoms with Gasteiger partial charge >= 0.3 is 0 Å². The molecule has 27 heteroatoms. The molecular formula is C59H96O27. The van der Waals surface area contributed by atoms with E-state index in [2.05, 4.69) is 34.6 Å². The van der Waals surface area contributed by atoms with E-state index in [4.69, 9.17) is 52.1 Å². The predicted octanol–water partition coefficient (Wildman–Crippen LogP) is -3.68. The molecule has 0 amide bonds. The highest BCUT2D eigenvalue weighted by Gasteiger charge is 2.80. The predicted molar refractivity (Wildman–Crippen MR) is 288 cm³/mol. The van der Waals surface area contributed by atoms with Crippen molar-refractivity contribution < 1.29 is 133 Å². The Morgan fingerprint density at radius 3 is 1.62 bits per heavy atom. The molecule has 11 aliphatic rings. The summed E-state index contributed by atoms with van der Waals surface area (Å²) in [6.07, 6.45) is -36.0. The fraction of sp³-hybridized carbons (Fsp3) is 0.983. The van der Waals surface area contributed by atoms with Gasteiger partial charge in [-0.05, 0) is 105 Å². The maximum atomic E-state index is 12.7. The molecule has 5 aliphatic carbocycles. The van der Waals surface area contributed by atoms with Gasteiger partial charge in [0.25, 0.3) is 0 Å². The molecule has 11 rings (SSSR count). The van der Waals surface area contributed by atoms with Gasteiger partial charge < -0.3 is 133 Å². The molecule has 15 N–H and O–H groups in total. The lowest BCUT2D eigenvalue weighted by atomic mass is 9.30. The largest absolute Gasteiger partial charge is 0.394 e. The van der Waals surface area contributed by atoms with Crippen molar-refractivity contribution in [3.8, 4) is 0 Å². The molecule has 6 heterocycles. The number of aliphatic hydroxyl groups excluding tert-OH is 15. The number of hydrogen-bond donors (Lipinski definition) is 15. The molecule has 494 valence electrons. The van der Waals surface area contributed by atoms with Crippen LogP contribution in [0.15, 0.2) is 0 Å². The second kappa shape index (κ2) is 23.9. The number of rotatable bonds is 14. The molecule has 5 saturated carbocycles. The zero-order valence-corrected chi connectivity index (χ0v) is 50.0. The van der Waals surface area contributed by atoms with Crippen LogP contribution in [0.2, 0.25) is 0 Å². The Labute approximate surface area is 499 Å². The quantitative estimate of drug-likeness (QED) is 0.0588. The van der Waals surface area contributed by atoms with Gasteiger partial charge in [-0.3, -0.25) is 0 Å². The number of carbonyl (C=O) groups excluding carboxylic acids is 1. The number of aliphatic hydroxyl groups is 15. The number of aldehydes is 1. The minimum Gasteiger partial charge on any atom is -0.394 e. The molecule has 1 spiro atoms. The van der Waals surface area contributed by atoms with Crippen LogP contribution in [0.4, 0.5) is 0 Å². The zero-order valence-electron chi connectivity index (χ0n) is 50.0. The summed E-state index contributed by atoms with van der Waals surface area (Å²) in [6, 6.07) is 0. The third kappa shape index (κ3) is 10.2. The summed E-state index contributed by atoms with van der Waals surface area (Å²) in [6.45, 7) is 12.1. The van der Waals surface area contributed by atoms with Gasteiger partial charge in [0.2, 0.25) is 0 Å². The summed E-state index contributed by atoms with van der Waals surface area (Å²) in [7, 11) is 0. The summed E-state index contributed by atoms with van der Waals surface area (Å²) < 4.78 is 70.2. The standard InChI is InChI=1S/C59H96O27/c1-24-34(65)38(69)42(73)48(78-24)85-46-41(72)37(68)27(20-62)81-52(46)82-28-21-76-51(47(86-50-44(75)40(71)36(67)26(19-61)80-50)45(28)84-49-43(74)39(70)35(66)25(18-60)79-49)83-33-10-11-55(5)29(53(33,2)3)8-12-56(6)30(55)9-13-59-31-16-54(4,22-63)14-15-58(31,23-77-59)32(64)17-57(56,59)7/h22,24-52,60-62,64-75H,8-21,23H2,1-7H3/t24-,25+,26+,27+,28-,29?,30?,31?,32+,33-,34-,35-,36+,37+,38+,39-,40-,41-,42+,43+,44+,45-,46+,47+,48-,49+,50+,51-,52+,54-,55-,56+,57-,58+,59-/m0/s1. The van der Waals surface area contributed by atoms with Crippen LogP contribution in [0.1, 0.15) is 113 Å². The van der Waals surface area contributed by atoms with E-state index in [0.29, 0.717) is 38.7 Å². The second-order valence-electron chi connectivity index (χ2n) is 29.0. The molecule has 35 atom stereocenters. The van der Waals surface area contributed by atoms with Crippen LogP contribution in [-0.4, -0.2) is 281 Å². The monoisotopic (exact) mass is 1240 g/mol. The Balaban J connectivity index is 0.925. The van der Waals surface area contributed by atoms with Gasteiger partial charge in [-0.1, -0.05) is 41.5 Å². The third-order valence-corrected chi connectivity index (χ3v) is 24.4. The lowest BCUT2D eigenvalue weighted by Gasteiger charge is -2.75. The summed E-state index contributed by atoms with van der Waals surface area (Å²) >= 11 is 0. The molecule has 0 radical (unpaired) electrons. The number of hydrogen-bond acceptors (Lipinski definition) is 27.